The largest absolute Gasteiger partial charge is 0.351 e. The number of anilines is 1. The maximum absolute atomic E-state index is 14.1. The van der Waals surface area contributed by atoms with Crippen LogP contribution in [0.3, 0.4) is 0 Å². The van der Waals surface area contributed by atoms with Crippen molar-refractivity contribution in [3.63, 3.8) is 0 Å². The molecule has 1 saturated carbocycles. The lowest BCUT2D eigenvalue weighted by Gasteiger charge is -2.19. The van der Waals surface area contributed by atoms with Gasteiger partial charge in [0.15, 0.2) is 0 Å². The molecule has 3 rings (SSSR count). The van der Waals surface area contributed by atoms with Gasteiger partial charge in [0, 0.05) is 30.0 Å². The predicted molar refractivity (Wildman–Crippen MR) is 106 cm³/mol. The highest BCUT2D eigenvalue weighted by molar-refractivity contribution is 5.83. The monoisotopic (exact) mass is 352 g/mol. The van der Waals surface area contributed by atoms with Gasteiger partial charge in [-0.05, 0) is 44.0 Å². The molecule has 0 saturated heterocycles. The fourth-order valence-electron chi connectivity index (χ4n) is 2.82. The lowest BCUT2D eigenvalue weighted by atomic mass is 10.1. The number of alkyl halides is 1. The summed E-state index contributed by atoms with van der Waals surface area (Å²) in [6, 6.07) is 6.09. The minimum absolute atomic E-state index is 0.339. The van der Waals surface area contributed by atoms with Gasteiger partial charge >= 0.3 is 0 Å². The van der Waals surface area contributed by atoms with Gasteiger partial charge < -0.3 is 10.2 Å². The molecule has 1 aliphatic carbocycles. The summed E-state index contributed by atoms with van der Waals surface area (Å²) < 4.78 is 14.1. The average Bonchev–Trinajstić information content (AvgIpc) is 3.39. The van der Waals surface area contributed by atoms with E-state index in [1.54, 1.807) is 6.20 Å². The van der Waals surface area contributed by atoms with Crippen LogP contribution < -0.4 is 5.32 Å². The van der Waals surface area contributed by atoms with Gasteiger partial charge in [0.05, 0.1) is 5.52 Å². The van der Waals surface area contributed by atoms with Crippen LogP contribution in [0.2, 0.25) is 0 Å². The molecule has 2 aromatic rings. The van der Waals surface area contributed by atoms with E-state index in [1.807, 2.05) is 26.1 Å². The van der Waals surface area contributed by atoms with Crippen LogP contribution in [0.5, 0.6) is 0 Å². The van der Waals surface area contributed by atoms with Gasteiger partial charge in [0.1, 0.15) is 5.67 Å². The van der Waals surface area contributed by atoms with Crippen molar-refractivity contribution in [1.29, 1.82) is 0 Å². The van der Waals surface area contributed by atoms with E-state index < -0.39 is 5.67 Å². The van der Waals surface area contributed by atoms with Crippen molar-refractivity contribution in [1.82, 2.24) is 14.9 Å². The first-order chi connectivity index (χ1) is 12.5. The van der Waals surface area contributed by atoms with Crippen molar-refractivity contribution >= 4 is 22.5 Å². The molecule has 1 heterocycles. The number of hydrogen-bond donors (Lipinski definition) is 1. The molecule has 136 valence electrons. The molecule has 1 aromatic heterocycles. The Hall–Kier alpha value is -2.69. The average molecular weight is 352 g/mol. The van der Waals surface area contributed by atoms with Crippen LogP contribution in [-0.2, 0) is 0 Å². The Labute approximate surface area is 154 Å². The number of halogens is 1. The van der Waals surface area contributed by atoms with Crippen molar-refractivity contribution in [2.24, 2.45) is 0 Å². The second-order valence-electron chi connectivity index (χ2n) is 6.61. The van der Waals surface area contributed by atoms with E-state index in [-0.39, 0.29) is 0 Å². The van der Waals surface area contributed by atoms with Gasteiger partial charge in [-0.15, -0.1) is 0 Å². The molecular formula is C21H25FN4. The van der Waals surface area contributed by atoms with E-state index in [0.717, 1.165) is 28.6 Å². The topological polar surface area (TPSA) is 41.1 Å². The Bertz CT molecular complexity index is 881. The predicted octanol–water partition coefficient (Wildman–Crippen LogP) is 5.27. The zero-order valence-corrected chi connectivity index (χ0v) is 15.6. The maximum Gasteiger partial charge on any atom is 0.227 e. The highest BCUT2D eigenvalue weighted by atomic mass is 19.1. The van der Waals surface area contributed by atoms with Crippen molar-refractivity contribution in [3.05, 3.63) is 60.6 Å². The molecular weight excluding hydrogens is 327 g/mol. The lowest BCUT2D eigenvalue weighted by Crippen LogP contribution is -2.14. The minimum atomic E-state index is -1.30. The van der Waals surface area contributed by atoms with Crippen LogP contribution in [-0.4, -0.2) is 27.6 Å². The van der Waals surface area contributed by atoms with Crippen molar-refractivity contribution in [3.8, 4) is 0 Å². The van der Waals surface area contributed by atoms with Gasteiger partial charge in [-0.25, -0.2) is 14.4 Å². The number of aromatic nitrogens is 2. The summed E-state index contributed by atoms with van der Waals surface area (Å²) in [4.78, 5) is 10.9. The molecule has 0 spiro atoms. The van der Waals surface area contributed by atoms with Crippen molar-refractivity contribution < 1.29 is 4.39 Å². The van der Waals surface area contributed by atoms with E-state index >= 15 is 0 Å². The summed E-state index contributed by atoms with van der Waals surface area (Å²) in [6.45, 7) is 7.91. The lowest BCUT2D eigenvalue weighted by molar-refractivity contribution is 0.363. The third-order valence-corrected chi connectivity index (χ3v) is 4.59. The van der Waals surface area contributed by atoms with Crippen LogP contribution in [0.25, 0.3) is 16.6 Å². The standard InChI is InChI=1S/C21H25FN4/c1-5-7-12-26(4)19(6-2)16-8-9-17-14-23-20(25-18(17)13-16)24-15(3)21(22)10-11-21/h6-9,12-14H,3,5,10-11H2,1-2,4H3,(H,23,24,25)/b12-7+,19-6-. The molecule has 0 aliphatic heterocycles. The smallest absolute Gasteiger partial charge is 0.227 e. The summed E-state index contributed by atoms with van der Waals surface area (Å²) >= 11 is 0. The number of nitrogens with one attached hydrogen (secondary N) is 1. The van der Waals surface area contributed by atoms with Crippen molar-refractivity contribution in [2.75, 3.05) is 12.4 Å². The van der Waals surface area contributed by atoms with Crippen molar-refractivity contribution in [2.45, 2.75) is 38.8 Å². The molecule has 1 N–H and O–H groups in total. The summed E-state index contributed by atoms with van der Waals surface area (Å²) in [6.07, 6.45) is 10.0. The number of fused-ring (bicyclic) bond motifs is 1. The van der Waals surface area contributed by atoms with E-state index in [9.17, 15) is 4.39 Å². The number of allylic oxidation sites excluding steroid dienone is 3. The summed E-state index contributed by atoms with van der Waals surface area (Å²) in [5, 5.41) is 3.86. The quantitative estimate of drug-likeness (QED) is 0.736. The Kier molecular flexibility index (Phi) is 5.07. The SMILES string of the molecule is C=C(Nc1ncc2ccc(/C(=C/C)N(C)/C=C/CC)cc2n1)C1(F)CC1. The van der Waals surface area contributed by atoms with Crippen LogP contribution in [0.4, 0.5) is 10.3 Å². The van der Waals surface area contributed by atoms with Crippen LogP contribution >= 0.6 is 0 Å². The van der Waals surface area contributed by atoms with Crippen LogP contribution in [0.1, 0.15) is 38.7 Å². The van der Waals surface area contributed by atoms with Crippen LogP contribution in [0.15, 0.2) is 55.0 Å². The van der Waals surface area contributed by atoms with Gasteiger partial charge in [0.25, 0.3) is 0 Å². The second kappa shape index (κ2) is 7.28. The molecule has 4 nitrogen and oxygen atoms in total. The molecule has 0 amide bonds. The third-order valence-electron chi connectivity index (χ3n) is 4.59. The molecule has 26 heavy (non-hydrogen) atoms. The Morgan fingerprint density at radius 3 is 2.85 bits per heavy atom. The van der Waals surface area contributed by atoms with Gasteiger partial charge in [-0.3, -0.25) is 0 Å². The Morgan fingerprint density at radius 2 is 2.19 bits per heavy atom. The van der Waals surface area contributed by atoms with E-state index in [2.05, 4.69) is 58.1 Å². The van der Waals surface area contributed by atoms with Gasteiger partial charge in [-0.2, -0.15) is 0 Å². The first-order valence-corrected chi connectivity index (χ1v) is 8.95. The first kappa shape index (κ1) is 18.1. The highest BCUT2D eigenvalue weighted by Gasteiger charge is 2.46. The number of nitrogens with zero attached hydrogens (tertiary/aromatic N) is 3. The fraction of sp³-hybridized carbons (Fsp3) is 0.333. The van der Waals surface area contributed by atoms with E-state index in [1.165, 1.54) is 0 Å². The second-order valence-corrected chi connectivity index (χ2v) is 6.61. The summed E-state index contributed by atoms with van der Waals surface area (Å²) in [7, 11) is 2.03. The molecule has 0 unspecified atom stereocenters. The molecule has 1 aromatic carbocycles. The molecule has 0 radical (unpaired) electrons. The maximum atomic E-state index is 14.1. The zero-order chi connectivity index (χ0) is 18.7. The molecule has 0 bridgehead atoms. The Morgan fingerprint density at radius 1 is 1.42 bits per heavy atom. The normalized spacial score (nSPS) is 16.1. The molecule has 1 fully saturated rings. The summed E-state index contributed by atoms with van der Waals surface area (Å²) in [5.74, 6) is 0.379. The van der Waals surface area contributed by atoms with E-state index in [0.29, 0.717) is 24.5 Å². The molecule has 0 atom stereocenters. The molecule has 1 aliphatic rings. The van der Waals surface area contributed by atoms with Gasteiger partial charge in [-0.1, -0.05) is 37.8 Å². The first-order valence-electron chi connectivity index (χ1n) is 8.95. The highest BCUT2D eigenvalue weighted by Crippen LogP contribution is 2.45. The molecule has 5 heteroatoms. The minimum Gasteiger partial charge on any atom is -0.351 e. The Balaban J connectivity index is 1.89. The number of benzene rings is 1. The van der Waals surface area contributed by atoms with E-state index in [4.69, 9.17) is 0 Å². The zero-order valence-electron chi connectivity index (χ0n) is 15.6. The van der Waals surface area contributed by atoms with Crippen LogP contribution in [0, 0.1) is 0 Å². The number of hydrogen-bond acceptors (Lipinski definition) is 4. The third kappa shape index (κ3) is 3.77. The summed E-state index contributed by atoms with van der Waals surface area (Å²) in [5.41, 5.74) is 2.01. The van der Waals surface area contributed by atoms with Gasteiger partial charge in [0.2, 0.25) is 5.95 Å². The number of rotatable bonds is 7. The fourth-order valence-corrected chi connectivity index (χ4v) is 2.82.